The molecular formula is C36H36N2O5. The molecular weight excluding hydrogens is 540 g/mol. The smallest absolute Gasteiger partial charge is 0.295 e. The van der Waals surface area contributed by atoms with Gasteiger partial charge in [0.25, 0.3) is 11.7 Å². The van der Waals surface area contributed by atoms with Gasteiger partial charge in [0.2, 0.25) is 0 Å². The summed E-state index contributed by atoms with van der Waals surface area (Å²) in [5.41, 5.74) is 4.86. The number of aliphatic hydroxyl groups is 1. The number of amides is 1. The normalized spacial score (nSPS) is 15.9. The summed E-state index contributed by atoms with van der Waals surface area (Å²) in [6.45, 7) is 4.89. The molecule has 1 aliphatic heterocycles. The van der Waals surface area contributed by atoms with Crippen molar-refractivity contribution in [3.8, 4) is 11.5 Å². The molecule has 1 saturated heterocycles. The summed E-state index contributed by atoms with van der Waals surface area (Å²) in [7, 11) is 3.89. The molecule has 220 valence electrons. The van der Waals surface area contributed by atoms with Crippen molar-refractivity contribution in [1.29, 1.82) is 0 Å². The van der Waals surface area contributed by atoms with Crippen molar-refractivity contribution in [3.63, 3.8) is 0 Å². The number of ether oxygens (including phenoxy) is 2. The minimum atomic E-state index is -0.777. The number of carbonyl (C=O) groups is 2. The van der Waals surface area contributed by atoms with Crippen LogP contribution in [0.1, 0.15) is 40.8 Å². The minimum absolute atomic E-state index is 0.0564. The lowest BCUT2D eigenvalue weighted by Gasteiger charge is -2.26. The molecule has 4 aromatic rings. The molecule has 1 aliphatic rings. The second kappa shape index (κ2) is 12.9. The molecule has 1 atom stereocenters. The molecule has 1 heterocycles. The van der Waals surface area contributed by atoms with Gasteiger partial charge < -0.3 is 24.4 Å². The van der Waals surface area contributed by atoms with Gasteiger partial charge in [-0.25, -0.2) is 0 Å². The Morgan fingerprint density at radius 3 is 2.26 bits per heavy atom. The first-order valence-corrected chi connectivity index (χ1v) is 14.3. The number of rotatable bonds is 10. The van der Waals surface area contributed by atoms with Crippen molar-refractivity contribution >= 4 is 23.1 Å². The number of likely N-dealkylation sites (tertiary alicyclic amines) is 1. The van der Waals surface area contributed by atoms with Gasteiger partial charge in [0.15, 0.2) is 0 Å². The van der Waals surface area contributed by atoms with E-state index in [-0.39, 0.29) is 17.9 Å². The van der Waals surface area contributed by atoms with Crippen LogP contribution < -0.4 is 14.4 Å². The van der Waals surface area contributed by atoms with Crippen LogP contribution in [0, 0.1) is 6.92 Å². The fraction of sp³-hybridized carbons (Fsp3) is 0.222. The summed E-state index contributed by atoms with van der Waals surface area (Å²) < 4.78 is 11.7. The van der Waals surface area contributed by atoms with E-state index in [0.29, 0.717) is 30.3 Å². The number of ketones is 1. The van der Waals surface area contributed by atoms with Crippen molar-refractivity contribution in [1.82, 2.24) is 4.90 Å². The molecule has 5 rings (SSSR count). The Bertz CT molecular complexity index is 1640. The lowest BCUT2D eigenvalue weighted by Crippen LogP contribution is -2.29. The van der Waals surface area contributed by atoms with Gasteiger partial charge in [-0.3, -0.25) is 9.59 Å². The Kier molecular flexibility index (Phi) is 8.81. The van der Waals surface area contributed by atoms with E-state index in [0.717, 1.165) is 27.9 Å². The number of aryl methyl sites for hydroxylation is 1. The van der Waals surface area contributed by atoms with Crippen molar-refractivity contribution in [3.05, 3.63) is 130 Å². The van der Waals surface area contributed by atoms with E-state index >= 15 is 0 Å². The molecule has 0 radical (unpaired) electrons. The maximum absolute atomic E-state index is 13.6. The first-order chi connectivity index (χ1) is 20.8. The monoisotopic (exact) mass is 576 g/mol. The van der Waals surface area contributed by atoms with E-state index in [2.05, 4.69) is 0 Å². The number of hydrogen-bond donors (Lipinski definition) is 1. The molecule has 7 heteroatoms. The Balaban J connectivity index is 1.52. The molecule has 1 N–H and O–H groups in total. The quantitative estimate of drug-likeness (QED) is 0.129. The van der Waals surface area contributed by atoms with Crippen LogP contribution in [-0.4, -0.2) is 42.4 Å². The first-order valence-electron chi connectivity index (χ1n) is 14.3. The number of carbonyl (C=O) groups excluding carboxylic acids is 2. The highest BCUT2D eigenvalue weighted by Crippen LogP contribution is 2.41. The SMILES string of the molecule is CCOc1cccc(CN2C(=O)C(=O)/C(=C(\O)c3ccc(OCc4ccccc4)c(C)c3)C2c2ccc(N(C)C)cc2)c1. The summed E-state index contributed by atoms with van der Waals surface area (Å²) in [6, 6.07) is 29.5. The summed E-state index contributed by atoms with van der Waals surface area (Å²) in [5, 5.41) is 11.6. The van der Waals surface area contributed by atoms with Crippen LogP contribution in [0.15, 0.2) is 103 Å². The zero-order valence-corrected chi connectivity index (χ0v) is 24.9. The summed E-state index contributed by atoms with van der Waals surface area (Å²) >= 11 is 0. The van der Waals surface area contributed by atoms with Gasteiger partial charge in [0, 0.05) is 31.9 Å². The molecule has 1 amide bonds. The Hall–Kier alpha value is -5.04. The summed E-state index contributed by atoms with van der Waals surface area (Å²) in [5.74, 6) is -0.241. The van der Waals surface area contributed by atoms with Gasteiger partial charge in [0.1, 0.15) is 23.9 Å². The van der Waals surface area contributed by atoms with E-state index in [1.54, 1.807) is 18.2 Å². The maximum atomic E-state index is 13.6. The Morgan fingerprint density at radius 1 is 0.860 bits per heavy atom. The van der Waals surface area contributed by atoms with Gasteiger partial charge in [-0.15, -0.1) is 0 Å². The van der Waals surface area contributed by atoms with Crippen LogP contribution in [0.25, 0.3) is 5.76 Å². The zero-order valence-electron chi connectivity index (χ0n) is 24.9. The highest BCUT2D eigenvalue weighted by Gasteiger charge is 2.46. The highest BCUT2D eigenvalue weighted by molar-refractivity contribution is 6.46. The second-order valence-corrected chi connectivity index (χ2v) is 10.7. The number of nitrogens with zero attached hydrogens (tertiary/aromatic N) is 2. The van der Waals surface area contributed by atoms with Crippen molar-refractivity contribution < 1.29 is 24.2 Å². The molecule has 0 bridgehead atoms. The van der Waals surface area contributed by atoms with E-state index in [9.17, 15) is 14.7 Å². The van der Waals surface area contributed by atoms with Crippen LogP contribution >= 0.6 is 0 Å². The fourth-order valence-electron chi connectivity index (χ4n) is 5.29. The summed E-state index contributed by atoms with van der Waals surface area (Å²) in [4.78, 5) is 30.6. The zero-order chi connectivity index (χ0) is 30.5. The minimum Gasteiger partial charge on any atom is -0.507 e. The molecule has 0 saturated carbocycles. The fourth-order valence-corrected chi connectivity index (χ4v) is 5.29. The topological polar surface area (TPSA) is 79.3 Å². The van der Waals surface area contributed by atoms with Gasteiger partial charge >= 0.3 is 0 Å². The lowest BCUT2D eigenvalue weighted by atomic mass is 9.94. The average molecular weight is 577 g/mol. The third kappa shape index (κ3) is 6.41. The number of hydrogen-bond acceptors (Lipinski definition) is 6. The van der Waals surface area contributed by atoms with Crippen LogP contribution in [0.5, 0.6) is 11.5 Å². The molecule has 4 aromatic carbocycles. The third-order valence-electron chi connectivity index (χ3n) is 7.51. The largest absolute Gasteiger partial charge is 0.507 e. The molecule has 7 nitrogen and oxygen atoms in total. The predicted molar refractivity (Wildman–Crippen MR) is 168 cm³/mol. The standard InChI is InChI=1S/C36H36N2O5/c1-5-42-30-13-9-12-26(21-30)22-38-33(27-14-17-29(18-15-27)37(3)4)32(35(40)36(38)41)34(39)28-16-19-31(24(2)20-28)43-23-25-10-7-6-8-11-25/h6-21,33,39H,5,22-23H2,1-4H3/b34-32-. The Labute approximate surface area is 252 Å². The van der Waals surface area contributed by atoms with Gasteiger partial charge in [-0.2, -0.15) is 0 Å². The molecule has 1 fully saturated rings. The number of anilines is 1. The van der Waals surface area contributed by atoms with E-state index < -0.39 is 17.7 Å². The summed E-state index contributed by atoms with van der Waals surface area (Å²) in [6.07, 6.45) is 0. The van der Waals surface area contributed by atoms with Crippen LogP contribution in [0.4, 0.5) is 5.69 Å². The first kappa shape index (κ1) is 29.5. The van der Waals surface area contributed by atoms with Crippen molar-refractivity contribution in [2.75, 3.05) is 25.6 Å². The van der Waals surface area contributed by atoms with Gasteiger partial charge in [0.05, 0.1) is 18.2 Å². The predicted octanol–water partition coefficient (Wildman–Crippen LogP) is 6.66. The molecule has 43 heavy (non-hydrogen) atoms. The molecule has 0 aromatic heterocycles. The van der Waals surface area contributed by atoms with Crippen LogP contribution in [-0.2, 0) is 22.7 Å². The third-order valence-corrected chi connectivity index (χ3v) is 7.51. The van der Waals surface area contributed by atoms with E-state index in [1.165, 1.54) is 4.90 Å². The molecule has 0 aliphatic carbocycles. The number of benzene rings is 4. The van der Waals surface area contributed by atoms with Crippen LogP contribution in [0.3, 0.4) is 0 Å². The second-order valence-electron chi connectivity index (χ2n) is 10.7. The highest BCUT2D eigenvalue weighted by atomic mass is 16.5. The number of Topliss-reactive ketones (excluding diaryl/α,β-unsaturated/α-hetero) is 1. The van der Waals surface area contributed by atoms with Crippen LogP contribution in [0.2, 0.25) is 0 Å². The van der Waals surface area contributed by atoms with E-state index in [1.807, 2.05) is 112 Å². The van der Waals surface area contributed by atoms with Crippen molar-refractivity contribution in [2.45, 2.75) is 33.0 Å². The Morgan fingerprint density at radius 2 is 1.58 bits per heavy atom. The van der Waals surface area contributed by atoms with Gasteiger partial charge in [-0.1, -0.05) is 54.6 Å². The average Bonchev–Trinajstić information content (AvgIpc) is 3.26. The lowest BCUT2D eigenvalue weighted by molar-refractivity contribution is -0.140. The molecule has 0 spiro atoms. The van der Waals surface area contributed by atoms with Gasteiger partial charge in [-0.05, 0) is 78.6 Å². The van der Waals surface area contributed by atoms with Crippen molar-refractivity contribution in [2.24, 2.45) is 0 Å². The maximum Gasteiger partial charge on any atom is 0.295 e. The molecule has 1 unspecified atom stereocenters. The number of aliphatic hydroxyl groups excluding tert-OH is 1. The van der Waals surface area contributed by atoms with E-state index in [4.69, 9.17) is 9.47 Å².